The van der Waals surface area contributed by atoms with Gasteiger partial charge in [0, 0.05) is 30.8 Å². The highest BCUT2D eigenvalue weighted by molar-refractivity contribution is 7.91. The number of nitrogens with one attached hydrogen (secondary N) is 1. The number of ether oxygens (including phenoxy) is 1. The Hall–Kier alpha value is -4.19. The number of nitrogens with zero attached hydrogens (tertiary/aromatic N) is 1. The summed E-state index contributed by atoms with van der Waals surface area (Å²) in [5.74, 6) is -1.72. The molecule has 0 saturated heterocycles. The monoisotopic (exact) mass is 626 g/mol. The Labute approximate surface area is 255 Å². The van der Waals surface area contributed by atoms with Gasteiger partial charge in [-0.15, -0.1) is 0 Å². The van der Waals surface area contributed by atoms with Crippen LogP contribution < -0.4 is 5.32 Å². The molecule has 44 heavy (non-hydrogen) atoms. The topological polar surface area (TPSA) is 130 Å². The Morgan fingerprint density at radius 3 is 2.45 bits per heavy atom. The van der Waals surface area contributed by atoms with Crippen LogP contribution in [0.3, 0.4) is 0 Å². The Balaban J connectivity index is 1.45. The highest BCUT2D eigenvalue weighted by Crippen LogP contribution is 2.34. The van der Waals surface area contributed by atoms with Crippen LogP contribution in [0.15, 0.2) is 58.3 Å². The summed E-state index contributed by atoms with van der Waals surface area (Å²) in [5.41, 5.74) is 2.54. The smallest absolute Gasteiger partial charge is 0.428 e. The third kappa shape index (κ3) is 6.35. The van der Waals surface area contributed by atoms with Crippen molar-refractivity contribution in [1.29, 1.82) is 0 Å². The number of hydrogen-bond acceptors (Lipinski definition) is 8. The summed E-state index contributed by atoms with van der Waals surface area (Å²) in [6.07, 6.45) is 3.85. The van der Waals surface area contributed by atoms with Gasteiger partial charge in [0.25, 0.3) is 5.91 Å². The maximum Gasteiger partial charge on any atom is 0.550 e. The maximum absolute atomic E-state index is 13.6. The Bertz CT molecular complexity index is 1660. The summed E-state index contributed by atoms with van der Waals surface area (Å²) < 4.78 is 47.7. The normalized spacial score (nSPS) is 16.0. The molecule has 1 aromatic heterocycles. The van der Waals surface area contributed by atoms with Crippen molar-refractivity contribution in [1.82, 2.24) is 9.88 Å². The van der Waals surface area contributed by atoms with E-state index in [2.05, 4.69) is 5.32 Å². The molecule has 1 atom stereocenters. The van der Waals surface area contributed by atoms with Crippen molar-refractivity contribution in [3.63, 3.8) is 0 Å². The molecule has 0 spiro atoms. The van der Waals surface area contributed by atoms with E-state index in [9.17, 15) is 27.2 Å². The van der Waals surface area contributed by atoms with Crippen molar-refractivity contribution < 1.29 is 41.7 Å². The first-order chi connectivity index (χ1) is 21.1. The number of halogens is 1. The molecule has 1 amide bonds. The summed E-state index contributed by atoms with van der Waals surface area (Å²) in [5, 5.41) is 2.84. The minimum Gasteiger partial charge on any atom is -0.428 e. The summed E-state index contributed by atoms with van der Waals surface area (Å²) in [6, 6.07) is 10.1. The van der Waals surface area contributed by atoms with Crippen LogP contribution in [0, 0.1) is 12.7 Å². The molecule has 1 aliphatic carbocycles. The predicted octanol–water partition coefficient (Wildman–Crippen LogP) is 5.54. The van der Waals surface area contributed by atoms with Gasteiger partial charge in [0.05, 0.1) is 15.4 Å². The van der Waals surface area contributed by atoms with Crippen LogP contribution in [0.1, 0.15) is 84.4 Å². The van der Waals surface area contributed by atoms with Gasteiger partial charge in [-0.05, 0) is 80.5 Å². The van der Waals surface area contributed by atoms with E-state index in [4.69, 9.17) is 14.5 Å². The molecule has 1 N–H and O–H groups in total. The first-order valence-corrected chi connectivity index (χ1v) is 16.3. The summed E-state index contributed by atoms with van der Waals surface area (Å²) in [6.45, 7) is 3.87. The molecule has 12 heteroatoms. The van der Waals surface area contributed by atoms with Gasteiger partial charge in [-0.1, -0.05) is 31.5 Å². The average Bonchev–Trinajstić information content (AvgIpc) is 3.29. The minimum atomic E-state index is -4.02. The van der Waals surface area contributed by atoms with Crippen LogP contribution in [0.2, 0.25) is 0 Å². The number of benzene rings is 2. The average molecular weight is 627 g/mol. The standard InChI is InChI=1S/C32H35FN2O8S/c1-3-26(31(37)42-43-32(38)41-23-10-5-4-6-11-23)35-20(2)25(29-27(35)17-18-34-30(29)36)19-21-9-7-8-12-28(21)44(39,40)24-15-13-22(33)14-16-24/h7-9,12-16,23,26H,3-6,10-11,17-19H2,1-2H3,(H,34,36). The van der Waals surface area contributed by atoms with E-state index in [0.717, 1.165) is 44.2 Å². The first kappa shape index (κ1) is 31.2. The van der Waals surface area contributed by atoms with Gasteiger partial charge in [-0.3, -0.25) is 4.79 Å². The van der Waals surface area contributed by atoms with Gasteiger partial charge in [0.1, 0.15) is 18.0 Å². The van der Waals surface area contributed by atoms with E-state index in [1.54, 1.807) is 36.6 Å². The maximum atomic E-state index is 13.6. The van der Waals surface area contributed by atoms with Crippen molar-refractivity contribution >= 4 is 27.9 Å². The third-order valence-corrected chi connectivity index (χ3v) is 10.2. The molecule has 1 unspecified atom stereocenters. The quantitative estimate of drug-likeness (QED) is 0.149. The molecular weight excluding hydrogens is 591 g/mol. The highest BCUT2D eigenvalue weighted by atomic mass is 32.2. The summed E-state index contributed by atoms with van der Waals surface area (Å²) in [4.78, 5) is 48.3. The van der Waals surface area contributed by atoms with Crippen molar-refractivity contribution in [2.75, 3.05) is 6.54 Å². The molecule has 2 aliphatic rings. The molecule has 2 heterocycles. The molecular formula is C32H35FN2O8S. The summed E-state index contributed by atoms with van der Waals surface area (Å²) >= 11 is 0. The largest absolute Gasteiger partial charge is 0.550 e. The zero-order valence-electron chi connectivity index (χ0n) is 24.6. The van der Waals surface area contributed by atoms with Crippen LogP contribution in [0.5, 0.6) is 0 Å². The van der Waals surface area contributed by atoms with Crippen LogP contribution in [-0.4, -0.2) is 43.7 Å². The van der Waals surface area contributed by atoms with Gasteiger partial charge in [0.15, 0.2) is 0 Å². The molecule has 0 bridgehead atoms. The van der Waals surface area contributed by atoms with Crippen LogP contribution in [-0.2, 0) is 42.0 Å². The fraction of sp³-hybridized carbons (Fsp3) is 0.406. The second-order valence-electron chi connectivity index (χ2n) is 11.0. The third-order valence-electron chi connectivity index (χ3n) is 8.28. The lowest BCUT2D eigenvalue weighted by Gasteiger charge is -2.23. The molecule has 5 rings (SSSR count). The number of carbonyl (C=O) groups is 3. The molecule has 1 aliphatic heterocycles. The zero-order valence-corrected chi connectivity index (χ0v) is 25.5. The fourth-order valence-electron chi connectivity index (χ4n) is 6.13. The molecule has 3 aromatic rings. The Kier molecular flexibility index (Phi) is 9.38. The van der Waals surface area contributed by atoms with Crippen LogP contribution >= 0.6 is 0 Å². The lowest BCUT2D eigenvalue weighted by atomic mass is 9.97. The van der Waals surface area contributed by atoms with E-state index < -0.39 is 33.8 Å². The summed E-state index contributed by atoms with van der Waals surface area (Å²) in [7, 11) is -4.02. The number of rotatable bonds is 8. The van der Waals surface area contributed by atoms with E-state index in [1.807, 2.05) is 0 Å². The number of carbonyl (C=O) groups excluding carboxylic acids is 3. The van der Waals surface area contributed by atoms with Gasteiger partial charge < -0.3 is 14.6 Å². The fourth-order valence-corrected chi connectivity index (χ4v) is 7.62. The second-order valence-corrected chi connectivity index (χ2v) is 13.0. The van der Waals surface area contributed by atoms with E-state index >= 15 is 0 Å². The van der Waals surface area contributed by atoms with Crippen molar-refractivity contribution in [2.45, 2.75) is 87.2 Å². The number of aromatic nitrogens is 1. The molecule has 1 saturated carbocycles. The van der Waals surface area contributed by atoms with Gasteiger partial charge in [0.2, 0.25) is 9.84 Å². The van der Waals surface area contributed by atoms with E-state index in [-0.39, 0.29) is 34.6 Å². The van der Waals surface area contributed by atoms with Crippen molar-refractivity contribution in [2.24, 2.45) is 0 Å². The predicted molar refractivity (Wildman–Crippen MR) is 156 cm³/mol. The van der Waals surface area contributed by atoms with Gasteiger partial charge in [-0.2, -0.15) is 4.79 Å². The van der Waals surface area contributed by atoms with E-state index in [1.165, 1.54) is 18.2 Å². The molecule has 0 radical (unpaired) electrons. The SMILES string of the molecule is CCC(C(=O)OOC(=O)OC1CCCCC1)n1c(C)c(Cc2ccccc2S(=O)(=O)c2ccc(F)cc2)c2c1CCNC2=O. The molecule has 10 nitrogen and oxygen atoms in total. The highest BCUT2D eigenvalue weighted by Gasteiger charge is 2.35. The molecule has 2 aromatic carbocycles. The number of hydrogen-bond donors (Lipinski definition) is 1. The van der Waals surface area contributed by atoms with Crippen molar-refractivity contribution in [3.8, 4) is 0 Å². The number of sulfone groups is 1. The molecule has 234 valence electrons. The lowest BCUT2D eigenvalue weighted by Crippen LogP contribution is -2.34. The zero-order chi connectivity index (χ0) is 31.4. The number of fused-ring (bicyclic) bond motifs is 1. The Morgan fingerprint density at radius 1 is 1.05 bits per heavy atom. The minimum absolute atomic E-state index is 0.0278. The number of amides is 1. The molecule has 1 fully saturated rings. The second kappa shape index (κ2) is 13.2. The van der Waals surface area contributed by atoms with Gasteiger partial charge >= 0.3 is 12.1 Å². The lowest BCUT2D eigenvalue weighted by molar-refractivity contribution is -0.249. The first-order valence-electron chi connectivity index (χ1n) is 14.8. The Morgan fingerprint density at radius 2 is 1.75 bits per heavy atom. The van der Waals surface area contributed by atoms with Crippen molar-refractivity contribution in [3.05, 3.63) is 82.4 Å². The van der Waals surface area contributed by atoms with Crippen LogP contribution in [0.25, 0.3) is 0 Å². The van der Waals surface area contributed by atoms with Gasteiger partial charge in [-0.25, -0.2) is 27.4 Å². The van der Waals surface area contributed by atoms with E-state index in [0.29, 0.717) is 41.0 Å². The van der Waals surface area contributed by atoms with Crippen LogP contribution in [0.4, 0.5) is 9.18 Å².